The second-order valence-corrected chi connectivity index (χ2v) is 10.5. The van der Waals surface area contributed by atoms with Crippen LogP contribution in [0.5, 0.6) is 5.75 Å². The number of carboxylic acid groups (broad SMARTS) is 2. The number of aliphatic carboxylic acids is 1. The van der Waals surface area contributed by atoms with Crippen LogP contribution >= 0.6 is 0 Å². The molecule has 2 rings (SSSR count). The van der Waals surface area contributed by atoms with Gasteiger partial charge in [0.1, 0.15) is 29.0 Å². The van der Waals surface area contributed by atoms with Gasteiger partial charge in [-0.1, -0.05) is 42.5 Å². The fraction of sp³-hybridized carbons (Fsp3) is 0.414. The molecule has 234 valence electrons. The van der Waals surface area contributed by atoms with Crippen molar-refractivity contribution < 1.29 is 53.9 Å². The number of hydrogen-bond donors (Lipinski definition) is 7. The third-order valence-corrected chi connectivity index (χ3v) is 5.74. The van der Waals surface area contributed by atoms with Crippen molar-refractivity contribution >= 4 is 29.8 Å². The average molecular weight is 604 g/mol. The van der Waals surface area contributed by atoms with Crippen LogP contribution in [0.15, 0.2) is 48.5 Å². The second kappa shape index (κ2) is 16.1. The number of alkyl carbamates (subject to hydrolysis) is 1. The Morgan fingerprint density at radius 3 is 2.09 bits per heavy atom. The molecular weight excluding hydrogens is 566 g/mol. The predicted molar refractivity (Wildman–Crippen MR) is 152 cm³/mol. The molecule has 0 saturated carbocycles. The number of carbonyl (C=O) groups is 5. The molecule has 2 aromatic carbocycles. The van der Waals surface area contributed by atoms with E-state index < -0.39 is 66.8 Å². The lowest BCUT2D eigenvalue weighted by molar-refractivity contribution is -0.139. The van der Waals surface area contributed by atoms with Gasteiger partial charge in [0.15, 0.2) is 6.61 Å². The number of nitrogens with one attached hydrogen (secondary N) is 3. The highest BCUT2D eigenvalue weighted by atomic mass is 16.6. The van der Waals surface area contributed by atoms with Gasteiger partial charge in [0.05, 0.1) is 12.7 Å². The minimum atomic E-state index is -1.42. The van der Waals surface area contributed by atoms with Crippen molar-refractivity contribution in [1.82, 2.24) is 16.0 Å². The molecule has 3 atom stereocenters. The number of hydrogen-bond acceptors (Lipinski definition) is 9. The van der Waals surface area contributed by atoms with E-state index in [2.05, 4.69) is 16.0 Å². The summed E-state index contributed by atoms with van der Waals surface area (Å²) >= 11 is 0. The van der Waals surface area contributed by atoms with Crippen LogP contribution in [0.4, 0.5) is 4.79 Å². The van der Waals surface area contributed by atoms with Crippen LogP contribution in [-0.4, -0.2) is 93.8 Å². The number of amides is 3. The maximum atomic E-state index is 13.6. The van der Waals surface area contributed by atoms with E-state index in [9.17, 15) is 34.2 Å². The smallest absolute Gasteiger partial charge is 0.408 e. The van der Waals surface area contributed by atoms with Crippen LogP contribution in [-0.2, 0) is 32.0 Å². The third-order valence-electron chi connectivity index (χ3n) is 5.74. The summed E-state index contributed by atoms with van der Waals surface area (Å²) in [6, 6.07) is 10.0. The van der Waals surface area contributed by atoms with Crippen LogP contribution < -0.4 is 20.7 Å². The third kappa shape index (κ3) is 12.0. The van der Waals surface area contributed by atoms with Gasteiger partial charge in [0, 0.05) is 19.4 Å². The van der Waals surface area contributed by atoms with E-state index in [0.717, 1.165) is 0 Å². The summed E-state index contributed by atoms with van der Waals surface area (Å²) in [6.45, 7) is 3.05. The van der Waals surface area contributed by atoms with Gasteiger partial charge in [-0.2, -0.15) is 0 Å². The number of carboxylic acids is 2. The summed E-state index contributed by atoms with van der Waals surface area (Å²) in [4.78, 5) is 62.3. The van der Waals surface area contributed by atoms with E-state index in [1.807, 2.05) is 0 Å². The fourth-order valence-corrected chi connectivity index (χ4v) is 3.83. The Morgan fingerprint density at radius 1 is 0.860 bits per heavy atom. The van der Waals surface area contributed by atoms with Gasteiger partial charge >= 0.3 is 18.0 Å². The van der Waals surface area contributed by atoms with Gasteiger partial charge in [0.25, 0.3) is 0 Å². The molecule has 14 nitrogen and oxygen atoms in total. The molecule has 0 radical (unpaired) electrons. The van der Waals surface area contributed by atoms with Gasteiger partial charge in [-0.3, -0.25) is 9.59 Å². The van der Waals surface area contributed by atoms with Crippen molar-refractivity contribution in [2.24, 2.45) is 0 Å². The quantitative estimate of drug-likeness (QED) is 0.148. The summed E-state index contributed by atoms with van der Waals surface area (Å²) in [5, 5.41) is 45.0. The first-order chi connectivity index (χ1) is 20.2. The number of benzene rings is 2. The Morgan fingerprint density at radius 2 is 1.51 bits per heavy atom. The largest absolute Gasteiger partial charge is 0.481 e. The zero-order valence-electron chi connectivity index (χ0n) is 24.0. The molecule has 0 aliphatic carbocycles. The Balaban J connectivity index is 2.44. The van der Waals surface area contributed by atoms with Crippen molar-refractivity contribution in [3.8, 4) is 5.75 Å². The van der Waals surface area contributed by atoms with Crippen molar-refractivity contribution in [2.45, 2.75) is 57.4 Å². The summed E-state index contributed by atoms with van der Waals surface area (Å²) in [5.41, 5.74) is -0.461. The van der Waals surface area contributed by atoms with E-state index in [1.54, 1.807) is 51.1 Å². The summed E-state index contributed by atoms with van der Waals surface area (Å²) in [5.74, 6) is -4.71. The maximum Gasteiger partial charge on any atom is 0.408 e. The lowest BCUT2D eigenvalue weighted by Gasteiger charge is -2.26. The van der Waals surface area contributed by atoms with Gasteiger partial charge < -0.3 is 45.9 Å². The van der Waals surface area contributed by atoms with E-state index in [-0.39, 0.29) is 36.3 Å². The van der Waals surface area contributed by atoms with Crippen molar-refractivity contribution in [1.29, 1.82) is 0 Å². The van der Waals surface area contributed by atoms with Crippen molar-refractivity contribution in [3.63, 3.8) is 0 Å². The Bertz CT molecular complexity index is 1280. The van der Waals surface area contributed by atoms with Gasteiger partial charge in [-0.25, -0.2) is 14.4 Å². The monoisotopic (exact) mass is 603 g/mol. The van der Waals surface area contributed by atoms with E-state index >= 15 is 0 Å². The first kappa shape index (κ1) is 34.5. The number of rotatable bonds is 15. The molecule has 0 aliphatic heterocycles. The lowest BCUT2D eigenvalue weighted by atomic mass is 9.99. The standard InChI is InChI=1S/C29H37N3O11/c1-29(2,3)43-28(41)32-21(12-17-8-5-4-6-9-17)26(38)31-22(25(37)30-14-19(34)15-33)13-18-10-7-11-20(27(39)40)24(18)42-16-23(35)36/h4-11,19,21-22,33-34H,12-16H2,1-3H3,(H,30,37)(H,31,38)(H,32,41)(H,35,36)(H,39,40)/t19?,21-,22-/m0/s1. The highest BCUT2D eigenvalue weighted by Gasteiger charge is 2.30. The van der Waals surface area contributed by atoms with Gasteiger partial charge in [-0.05, 0) is 38.0 Å². The zero-order chi connectivity index (χ0) is 32.2. The maximum absolute atomic E-state index is 13.6. The van der Waals surface area contributed by atoms with Gasteiger partial charge in [0.2, 0.25) is 11.8 Å². The summed E-state index contributed by atoms with van der Waals surface area (Å²) in [6.07, 6.45) is -2.53. The Kier molecular flexibility index (Phi) is 12.9. The van der Waals surface area contributed by atoms with Crippen LogP contribution in [0.2, 0.25) is 0 Å². The molecule has 14 heteroatoms. The van der Waals surface area contributed by atoms with Crippen LogP contribution in [0.25, 0.3) is 0 Å². The van der Waals surface area contributed by atoms with E-state index in [4.69, 9.17) is 19.7 Å². The number of aliphatic hydroxyl groups excluding tert-OH is 2. The molecule has 0 spiro atoms. The molecular formula is C29H37N3O11. The van der Waals surface area contributed by atoms with Crippen LogP contribution in [0, 0.1) is 0 Å². The molecule has 0 aromatic heterocycles. The number of ether oxygens (including phenoxy) is 2. The van der Waals surface area contributed by atoms with E-state index in [1.165, 1.54) is 18.2 Å². The zero-order valence-corrected chi connectivity index (χ0v) is 24.0. The van der Waals surface area contributed by atoms with Crippen LogP contribution in [0.3, 0.4) is 0 Å². The minimum absolute atomic E-state index is 0.0188. The lowest BCUT2D eigenvalue weighted by Crippen LogP contribution is -2.56. The molecule has 3 amide bonds. The van der Waals surface area contributed by atoms with Gasteiger partial charge in [-0.15, -0.1) is 0 Å². The SMILES string of the molecule is CC(C)(C)OC(=O)N[C@@H](Cc1ccccc1)C(=O)N[C@@H](Cc1cccc(C(=O)O)c1OCC(=O)O)C(=O)NCC(O)CO. The highest BCUT2D eigenvalue weighted by Crippen LogP contribution is 2.26. The average Bonchev–Trinajstić information content (AvgIpc) is 2.93. The fourth-order valence-electron chi connectivity index (χ4n) is 3.83. The number of para-hydroxylation sites is 1. The number of aromatic carboxylic acids is 1. The molecule has 0 bridgehead atoms. The number of aliphatic hydroxyl groups is 2. The Labute approximate surface area is 248 Å². The second-order valence-electron chi connectivity index (χ2n) is 10.5. The predicted octanol–water partition coefficient (Wildman–Crippen LogP) is 0.481. The molecule has 0 aliphatic rings. The highest BCUT2D eigenvalue weighted by molar-refractivity contribution is 5.93. The summed E-state index contributed by atoms with van der Waals surface area (Å²) in [7, 11) is 0. The molecule has 0 heterocycles. The van der Waals surface area contributed by atoms with Crippen LogP contribution in [0.1, 0.15) is 42.3 Å². The molecule has 2 aromatic rings. The molecule has 7 N–H and O–H groups in total. The molecule has 0 saturated heterocycles. The summed E-state index contributed by atoms with van der Waals surface area (Å²) < 4.78 is 10.5. The van der Waals surface area contributed by atoms with Crippen molar-refractivity contribution in [3.05, 3.63) is 65.2 Å². The van der Waals surface area contributed by atoms with E-state index in [0.29, 0.717) is 5.56 Å². The first-order valence-corrected chi connectivity index (χ1v) is 13.3. The molecule has 0 fully saturated rings. The minimum Gasteiger partial charge on any atom is -0.481 e. The first-order valence-electron chi connectivity index (χ1n) is 13.3. The topological polar surface area (TPSA) is 221 Å². The molecule has 1 unspecified atom stereocenters. The number of carbonyl (C=O) groups excluding carboxylic acids is 3. The Hall–Kier alpha value is -4.69. The van der Waals surface area contributed by atoms with Crippen molar-refractivity contribution in [2.75, 3.05) is 19.8 Å². The molecule has 43 heavy (non-hydrogen) atoms. The normalized spacial score (nSPS) is 13.1.